The first-order valence-electron chi connectivity index (χ1n) is 9.08. The van der Waals surface area contributed by atoms with Crippen LogP contribution in [0.4, 0.5) is 0 Å². The Kier molecular flexibility index (Phi) is 4.41. The second-order valence-electron chi connectivity index (χ2n) is 7.09. The summed E-state index contributed by atoms with van der Waals surface area (Å²) in [6.45, 7) is 4.94. The number of carbonyl (C=O) groups excluding carboxylic acids is 2. The maximum absolute atomic E-state index is 12.4. The number of Topliss-reactive ketones (excluding diaryl/α,β-unsaturated/α-hetero) is 1. The molecule has 3 fully saturated rings. The SMILES string of the molecule is O=C1C2CCCCCN2C1CN1CCN(C(=O)c2ccco2)CC1. The molecular formula is C18H25N3O3. The van der Waals surface area contributed by atoms with Gasteiger partial charge in [-0.3, -0.25) is 19.4 Å². The van der Waals surface area contributed by atoms with E-state index in [0.29, 0.717) is 24.6 Å². The lowest BCUT2D eigenvalue weighted by Crippen LogP contribution is -2.68. The van der Waals surface area contributed by atoms with E-state index in [-0.39, 0.29) is 18.0 Å². The van der Waals surface area contributed by atoms with Crippen molar-refractivity contribution in [3.05, 3.63) is 24.2 Å². The molecule has 0 spiro atoms. The van der Waals surface area contributed by atoms with E-state index in [9.17, 15) is 9.59 Å². The van der Waals surface area contributed by atoms with Crippen LogP contribution in [-0.4, -0.2) is 77.7 Å². The van der Waals surface area contributed by atoms with Crippen LogP contribution in [0, 0.1) is 0 Å². The highest BCUT2D eigenvalue weighted by atomic mass is 16.3. The van der Waals surface area contributed by atoms with Crippen LogP contribution in [0.3, 0.4) is 0 Å². The van der Waals surface area contributed by atoms with Crippen LogP contribution in [0.5, 0.6) is 0 Å². The zero-order chi connectivity index (χ0) is 16.5. The van der Waals surface area contributed by atoms with Gasteiger partial charge in [-0.25, -0.2) is 0 Å². The fourth-order valence-corrected chi connectivity index (χ4v) is 4.24. The highest BCUT2D eigenvalue weighted by Crippen LogP contribution is 2.30. The van der Waals surface area contributed by atoms with Gasteiger partial charge < -0.3 is 9.32 Å². The second-order valence-corrected chi connectivity index (χ2v) is 7.09. The van der Waals surface area contributed by atoms with Gasteiger partial charge in [-0.15, -0.1) is 0 Å². The monoisotopic (exact) mass is 331 g/mol. The van der Waals surface area contributed by atoms with Gasteiger partial charge in [0, 0.05) is 32.7 Å². The predicted octanol–water partition coefficient (Wildman–Crippen LogP) is 1.23. The largest absolute Gasteiger partial charge is 0.459 e. The van der Waals surface area contributed by atoms with E-state index >= 15 is 0 Å². The summed E-state index contributed by atoms with van der Waals surface area (Å²) in [5, 5.41) is 0. The van der Waals surface area contributed by atoms with Gasteiger partial charge in [-0.2, -0.15) is 0 Å². The molecule has 6 nitrogen and oxygen atoms in total. The second kappa shape index (κ2) is 6.69. The molecule has 1 aromatic heterocycles. The molecule has 1 aromatic rings. The standard InChI is InChI=1S/C18H25N3O3/c22-17-14-5-2-1-3-7-21(14)15(17)13-19-8-10-20(11-9-19)18(23)16-6-4-12-24-16/h4,6,12,14-15H,1-3,5,7-11,13H2. The van der Waals surface area contributed by atoms with E-state index in [2.05, 4.69) is 9.80 Å². The molecule has 2 unspecified atom stereocenters. The average Bonchev–Trinajstić information content (AvgIpc) is 3.06. The Bertz CT molecular complexity index is 593. The van der Waals surface area contributed by atoms with Crippen molar-refractivity contribution in [3.63, 3.8) is 0 Å². The summed E-state index contributed by atoms with van der Waals surface area (Å²) in [6, 6.07) is 3.73. The van der Waals surface area contributed by atoms with Crippen LogP contribution >= 0.6 is 0 Å². The van der Waals surface area contributed by atoms with Crippen molar-refractivity contribution in [2.24, 2.45) is 0 Å². The van der Waals surface area contributed by atoms with Crippen molar-refractivity contribution < 1.29 is 14.0 Å². The number of ketones is 1. The molecule has 0 radical (unpaired) electrons. The van der Waals surface area contributed by atoms with Crippen molar-refractivity contribution in [1.82, 2.24) is 14.7 Å². The lowest BCUT2D eigenvalue weighted by atomic mass is 9.88. The normalized spacial score (nSPS) is 29.0. The number of hydrogen-bond donors (Lipinski definition) is 0. The third-order valence-electron chi connectivity index (χ3n) is 5.67. The third kappa shape index (κ3) is 2.89. The minimum absolute atomic E-state index is 0.0352. The number of fused-ring (bicyclic) bond motifs is 1. The van der Waals surface area contributed by atoms with Crippen LogP contribution in [-0.2, 0) is 4.79 Å². The maximum atomic E-state index is 12.4. The van der Waals surface area contributed by atoms with Crippen LogP contribution in [0.2, 0.25) is 0 Å². The molecule has 2 atom stereocenters. The highest BCUT2D eigenvalue weighted by Gasteiger charge is 2.47. The lowest BCUT2D eigenvalue weighted by molar-refractivity contribution is -0.146. The summed E-state index contributed by atoms with van der Waals surface area (Å²) in [5.41, 5.74) is 0. The van der Waals surface area contributed by atoms with Crippen molar-refractivity contribution in [1.29, 1.82) is 0 Å². The summed E-state index contributed by atoms with van der Waals surface area (Å²) in [5.74, 6) is 0.808. The van der Waals surface area contributed by atoms with Gasteiger partial charge in [-0.05, 0) is 31.5 Å². The first kappa shape index (κ1) is 15.8. The first-order valence-corrected chi connectivity index (χ1v) is 9.08. The van der Waals surface area contributed by atoms with Crippen molar-refractivity contribution in [3.8, 4) is 0 Å². The van der Waals surface area contributed by atoms with Gasteiger partial charge in [0.25, 0.3) is 5.91 Å². The molecule has 6 heteroatoms. The predicted molar refractivity (Wildman–Crippen MR) is 88.8 cm³/mol. The van der Waals surface area contributed by atoms with Crippen LogP contribution < -0.4 is 0 Å². The van der Waals surface area contributed by atoms with Crippen LogP contribution in [0.1, 0.15) is 36.2 Å². The molecule has 0 aromatic carbocycles. The molecular weight excluding hydrogens is 306 g/mol. The minimum Gasteiger partial charge on any atom is -0.459 e. The smallest absolute Gasteiger partial charge is 0.289 e. The summed E-state index contributed by atoms with van der Waals surface area (Å²) >= 11 is 0. The number of piperazine rings is 1. The Morgan fingerprint density at radius 1 is 1.12 bits per heavy atom. The summed E-state index contributed by atoms with van der Waals surface area (Å²) in [7, 11) is 0. The van der Waals surface area contributed by atoms with Gasteiger partial charge in [0.15, 0.2) is 11.5 Å². The van der Waals surface area contributed by atoms with E-state index in [1.165, 1.54) is 25.5 Å². The summed E-state index contributed by atoms with van der Waals surface area (Å²) < 4.78 is 5.20. The quantitative estimate of drug-likeness (QED) is 0.834. The molecule has 3 aliphatic heterocycles. The summed E-state index contributed by atoms with van der Waals surface area (Å²) in [6.07, 6.45) is 6.23. The molecule has 0 aliphatic carbocycles. The molecule has 0 saturated carbocycles. The lowest BCUT2D eigenvalue weighted by Gasteiger charge is -2.48. The van der Waals surface area contributed by atoms with Gasteiger partial charge in [-0.1, -0.05) is 12.8 Å². The van der Waals surface area contributed by atoms with E-state index in [4.69, 9.17) is 4.42 Å². The number of nitrogens with zero attached hydrogens (tertiary/aromatic N) is 3. The van der Waals surface area contributed by atoms with Crippen molar-refractivity contribution in [2.75, 3.05) is 39.3 Å². The zero-order valence-corrected chi connectivity index (χ0v) is 14.0. The highest BCUT2D eigenvalue weighted by molar-refractivity contribution is 5.95. The van der Waals surface area contributed by atoms with E-state index in [1.807, 2.05) is 4.90 Å². The Morgan fingerprint density at radius 2 is 1.96 bits per heavy atom. The molecule has 1 amide bonds. The van der Waals surface area contributed by atoms with E-state index in [0.717, 1.165) is 32.6 Å². The van der Waals surface area contributed by atoms with Crippen molar-refractivity contribution in [2.45, 2.75) is 37.8 Å². The van der Waals surface area contributed by atoms with Crippen molar-refractivity contribution >= 4 is 11.7 Å². The molecule has 130 valence electrons. The Balaban J connectivity index is 1.29. The minimum atomic E-state index is -0.0352. The molecule has 4 heterocycles. The van der Waals surface area contributed by atoms with Gasteiger partial charge in [0.2, 0.25) is 0 Å². The van der Waals surface area contributed by atoms with Gasteiger partial charge >= 0.3 is 0 Å². The zero-order valence-electron chi connectivity index (χ0n) is 14.0. The summed E-state index contributed by atoms with van der Waals surface area (Å²) in [4.78, 5) is 31.3. The number of carbonyl (C=O) groups is 2. The van der Waals surface area contributed by atoms with Gasteiger partial charge in [0.05, 0.1) is 18.3 Å². The Labute approximate surface area is 142 Å². The topological polar surface area (TPSA) is 57.0 Å². The van der Waals surface area contributed by atoms with Crippen LogP contribution in [0.15, 0.2) is 22.8 Å². The van der Waals surface area contributed by atoms with Crippen LogP contribution in [0.25, 0.3) is 0 Å². The number of rotatable bonds is 3. The Morgan fingerprint density at radius 3 is 2.71 bits per heavy atom. The fraction of sp³-hybridized carbons (Fsp3) is 0.667. The molecule has 24 heavy (non-hydrogen) atoms. The number of furan rings is 1. The maximum Gasteiger partial charge on any atom is 0.289 e. The molecule has 3 aliphatic rings. The molecule has 0 bridgehead atoms. The van der Waals surface area contributed by atoms with Gasteiger partial charge in [0.1, 0.15) is 0 Å². The fourth-order valence-electron chi connectivity index (χ4n) is 4.24. The molecule has 0 N–H and O–H groups in total. The number of hydrogen-bond acceptors (Lipinski definition) is 5. The first-order chi connectivity index (χ1) is 11.7. The van der Waals surface area contributed by atoms with E-state index < -0.39 is 0 Å². The third-order valence-corrected chi connectivity index (χ3v) is 5.67. The number of amides is 1. The molecule has 4 rings (SSSR count). The van der Waals surface area contributed by atoms with E-state index in [1.54, 1.807) is 12.1 Å². The molecule has 3 saturated heterocycles. The average molecular weight is 331 g/mol. The Hall–Kier alpha value is -1.66.